The van der Waals surface area contributed by atoms with Crippen molar-refractivity contribution in [2.45, 2.75) is 12.8 Å². The Morgan fingerprint density at radius 1 is 0.900 bits per heavy atom. The summed E-state index contributed by atoms with van der Waals surface area (Å²) in [6.07, 6.45) is 4.90. The average molecular weight is 257 g/mol. The fraction of sp³-hybridized carbons (Fsp3) is 0.100. The summed E-state index contributed by atoms with van der Waals surface area (Å²) in [7, 11) is 0. The van der Waals surface area contributed by atoms with Crippen LogP contribution in [0.2, 0.25) is 0 Å². The summed E-state index contributed by atoms with van der Waals surface area (Å²) in [4.78, 5) is 0. The van der Waals surface area contributed by atoms with Crippen LogP contribution in [0.1, 0.15) is 18.9 Å². The maximum atomic E-state index is 8.47. The molecule has 0 nitrogen and oxygen atoms in total. The SMILES string of the molecule is [2H]C1CC=Cc2cc3ccccc3c(-c3ccccc3)c21. The van der Waals surface area contributed by atoms with Gasteiger partial charge in [0.25, 0.3) is 0 Å². The summed E-state index contributed by atoms with van der Waals surface area (Å²) in [6, 6.07) is 21.2. The average Bonchev–Trinajstić information content (AvgIpc) is 2.54. The third-order valence-corrected chi connectivity index (χ3v) is 3.94. The fourth-order valence-corrected chi connectivity index (χ4v) is 3.04. The zero-order chi connectivity index (χ0) is 14.2. The molecule has 1 aliphatic carbocycles. The highest BCUT2D eigenvalue weighted by atomic mass is 14.2. The second-order valence-electron chi connectivity index (χ2n) is 5.18. The van der Waals surface area contributed by atoms with Crippen molar-refractivity contribution in [1.82, 2.24) is 0 Å². The molecule has 0 N–H and O–H groups in total. The minimum absolute atomic E-state index is 0.176. The van der Waals surface area contributed by atoms with E-state index in [4.69, 9.17) is 1.37 Å². The molecule has 0 aromatic heterocycles. The van der Waals surface area contributed by atoms with Crippen LogP contribution in [-0.4, -0.2) is 0 Å². The Kier molecular flexibility index (Phi) is 2.43. The van der Waals surface area contributed by atoms with E-state index in [1.54, 1.807) is 0 Å². The van der Waals surface area contributed by atoms with E-state index in [2.05, 4.69) is 66.7 Å². The predicted octanol–water partition coefficient (Wildman–Crippen LogP) is 5.47. The van der Waals surface area contributed by atoms with Crippen molar-refractivity contribution >= 4 is 16.8 Å². The van der Waals surface area contributed by atoms with Crippen LogP contribution >= 0.6 is 0 Å². The molecule has 0 heterocycles. The minimum Gasteiger partial charge on any atom is -0.0836 e. The summed E-state index contributed by atoms with van der Waals surface area (Å²) in [5.74, 6) is 0. The molecule has 4 rings (SSSR count). The second-order valence-corrected chi connectivity index (χ2v) is 5.18. The molecular weight excluding hydrogens is 240 g/mol. The molecule has 0 amide bonds. The van der Waals surface area contributed by atoms with Gasteiger partial charge >= 0.3 is 0 Å². The summed E-state index contributed by atoms with van der Waals surface area (Å²) in [5.41, 5.74) is 4.80. The Balaban J connectivity index is 2.16. The van der Waals surface area contributed by atoms with Gasteiger partial charge in [0, 0.05) is 1.37 Å². The molecule has 0 saturated carbocycles. The molecule has 0 spiro atoms. The standard InChI is InChI=1S/C20H16/c1-2-8-15(9-3-1)20-18-12-6-4-10-16(18)14-17-11-5-7-13-19(17)20/h1-6,8-12,14H,7,13H2/i13D. The lowest BCUT2D eigenvalue weighted by atomic mass is 9.85. The summed E-state index contributed by atoms with van der Waals surface area (Å²) < 4.78 is 8.47. The van der Waals surface area contributed by atoms with Gasteiger partial charge < -0.3 is 0 Å². The van der Waals surface area contributed by atoms with Crippen molar-refractivity contribution in [3.63, 3.8) is 0 Å². The highest BCUT2D eigenvalue weighted by Crippen LogP contribution is 2.37. The van der Waals surface area contributed by atoms with Gasteiger partial charge in [0.2, 0.25) is 0 Å². The molecule has 0 radical (unpaired) electrons. The molecule has 0 aliphatic heterocycles. The van der Waals surface area contributed by atoms with Crippen molar-refractivity contribution in [1.29, 1.82) is 0 Å². The van der Waals surface area contributed by atoms with E-state index in [0.717, 1.165) is 6.42 Å². The molecular formula is C20H16. The molecule has 1 aliphatic rings. The first-order valence-corrected chi connectivity index (χ1v) is 7.04. The first kappa shape index (κ1) is 10.4. The van der Waals surface area contributed by atoms with Gasteiger partial charge in [-0.1, -0.05) is 66.7 Å². The van der Waals surface area contributed by atoms with E-state index in [9.17, 15) is 0 Å². The summed E-state index contributed by atoms with van der Waals surface area (Å²) >= 11 is 0. The van der Waals surface area contributed by atoms with Crippen LogP contribution in [0, 0.1) is 0 Å². The van der Waals surface area contributed by atoms with Crippen LogP contribution in [0.4, 0.5) is 0 Å². The Morgan fingerprint density at radius 2 is 1.70 bits per heavy atom. The van der Waals surface area contributed by atoms with Crippen molar-refractivity contribution in [3.05, 3.63) is 77.9 Å². The Morgan fingerprint density at radius 3 is 2.60 bits per heavy atom. The lowest BCUT2D eigenvalue weighted by Gasteiger charge is -2.19. The quantitative estimate of drug-likeness (QED) is 0.542. The number of allylic oxidation sites excluding steroid dienone is 1. The van der Waals surface area contributed by atoms with Crippen LogP contribution in [0.3, 0.4) is 0 Å². The highest BCUT2D eigenvalue weighted by Gasteiger charge is 2.14. The first-order chi connectivity index (χ1) is 10.3. The van der Waals surface area contributed by atoms with Gasteiger partial charge in [-0.2, -0.15) is 0 Å². The van der Waals surface area contributed by atoms with Gasteiger partial charge in [-0.15, -0.1) is 0 Å². The summed E-state index contributed by atoms with van der Waals surface area (Å²) in [5, 5.41) is 2.49. The molecule has 96 valence electrons. The van der Waals surface area contributed by atoms with Crippen LogP contribution in [0.5, 0.6) is 0 Å². The van der Waals surface area contributed by atoms with Crippen molar-refractivity contribution < 1.29 is 1.37 Å². The molecule has 0 bridgehead atoms. The fourth-order valence-electron chi connectivity index (χ4n) is 3.04. The highest BCUT2D eigenvalue weighted by molar-refractivity contribution is 6.00. The predicted molar refractivity (Wildman–Crippen MR) is 86.7 cm³/mol. The van der Waals surface area contributed by atoms with E-state index in [1.165, 1.54) is 33.0 Å². The Bertz CT molecular complexity index is 831. The normalized spacial score (nSPS) is 17.8. The summed E-state index contributed by atoms with van der Waals surface area (Å²) in [6.45, 7) is 0. The van der Waals surface area contributed by atoms with Crippen molar-refractivity contribution in [2.24, 2.45) is 0 Å². The van der Waals surface area contributed by atoms with E-state index in [0.29, 0.717) is 0 Å². The second kappa shape index (κ2) is 4.64. The van der Waals surface area contributed by atoms with Gasteiger partial charge in [0.1, 0.15) is 0 Å². The maximum absolute atomic E-state index is 8.47. The Labute approximate surface area is 120 Å². The zero-order valence-electron chi connectivity index (χ0n) is 12.2. The molecule has 20 heavy (non-hydrogen) atoms. The molecule has 1 unspecified atom stereocenters. The van der Waals surface area contributed by atoms with Crippen molar-refractivity contribution in [2.75, 3.05) is 0 Å². The smallest absolute Gasteiger partial charge is 0.0320 e. The third-order valence-electron chi connectivity index (χ3n) is 3.94. The minimum atomic E-state index is -0.176. The Hall–Kier alpha value is -2.34. The van der Waals surface area contributed by atoms with Gasteiger partial charge in [-0.3, -0.25) is 0 Å². The van der Waals surface area contributed by atoms with Crippen molar-refractivity contribution in [3.8, 4) is 11.1 Å². The number of fused-ring (bicyclic) bond motifs is 2. The van der Waals surface area contributed by atoms with E-state index < -0.39 is 0 Å². The van der Waals surface area contributed by atoms with E-state index in [-0.39, 0.29) is 6.40 Å². The third kappa shape index (κ3) is 1.77. The topological polar surface area (TPSA) is 0 Å². The van der Waals surface area contributed by atoms with Crippen LogP contribution in [-0.2, 0) is 6.40 Å². The lowest BCUT2D eigenvalue weighted by molar-refractivity contribution is 0.991. The number of rotatable bonds is 1. The number of hydrogen-bond acceptors (Lipinski definition) is 0. The van der Waals surface area contributed by atoms with Crippen LogP contribution in [0.25, 0.3) is 28.0 Å². The van der Waals surface area contributed by atoms with Crippen LogP contribution in [0.15, 0.2) is 66.7 Å². The first-order valence-electron chi connectivity index (χ1n) is 7.62. The van der Waals surface area contributed by atoms with Gasteiger partial charge in [0.05, 0.1) is 0 Å². The molecule has 1 atom stereocenters. The molecule has 3 aromatic carbocycles. The maximum Gasteiger partial charge on any atom is 0.0320 e. The molecule has 0 fully saturated rings. The van der Waals surface area contributed by atoms with Gasteiger partial charge in [0.15, 0.2) is 0 Å². The van der Waals surface area contributed by atoms with E-state index >= 15 is 0 Å². The van der Waals surface area contributed by atoms with Gasteiger partial charge in [-0.05, 0) is 51.9 Å². The monoisotopic (exact) mass is 257 g/mol. The molecule has 3 aromatic rings. The van der Waals surface area contributed by atoms with Gasteiger partial charge in [-0.25, -0.2) is 0 Å². The molecule has 0 saturated heterocycles. The van der Waals surface area contributed by atoms with Crippen LogP contribution < -0.4 is 0 Å². The largest absolute Gasteiger partial charge is 0.0836 e. The molecule has 0 heteroatoms. The zero-order valence-corrected chi connectivity index (χ0v) is 11.2. The van der Waals surface area contributed by atoms with E-state index in [1.807, 2.05) is 6.07 Å². The lowest BCUT2D eigenvalue weighted by Crippen LogP contribution is -1.98. The number of hydrogen-bond donors (Lipinski definition) is 0. The number of benzene rings is 3.